The third-order valence-electron chi connectivity index (χ3n) is 3.50. The van der Waals surface area contributed by atoms with Crippen LogP contribution in [0.3, 0.4) is 0 Å². The molecule has 112 valence electrons. The number of hydrogen-bond donors (Lipinski definition) is 1. The monoisotopic (exact) mass is 317 g/mol. The second kappa shape index (κ2) is 5.65. The quantitative estimate of drug-likeness (QED) is 0.675. The Morgan fingerprint density at radius 2 is 2.09 bits per heavy atom. The van der Waals surface area contributed by atoms with E-state index in [-0.39, 0.29) is 11.7 Å². The summed E-state index contributed by atoms with van der Waals surface area (Å²) in [6, 6.07) is 11.1. The van der Waals surface area contributed by atoms with E-state index in [1.165, 1.54) is 17.0 Å². The first kappa shape index (κ1) is 14.3. The van der Waals surface area contributed by atoms with Crippen molar-refractivity contribution in [1.29, 1.82) is 0 Å². The summed E-state index contributed by atoms with van der Waals surface area (Å²) in [6.07, 6.45) is 0.677. The Labute approximate surface area is 131 Å². The number of nitrogens with one attached hydrogen (secondary N) is 1. The number of nitrogens with zero attached hydrogens (tertiary/aromatic N) is 2. The molecule has 1 aliphatic rings. The van der Waals surface area contributed by atoms with Crippen molar-refractivity contribution in [3.63, 3.8) is 0 Å². The van der Waals surface area contributed by atoms with E-state index in [1.54, 1.807) is 30.3 Å². The molecule has 0 spiro atoms. The average molecular weight is 318 g/mol. The van der Waals surface area contributed by atoms with Crippen molar-refractivity contribution in [1.82, 2.24) is 0 Å². The Bertz CT molecular complexity index is 763. The number of benzene rings is 2. The minimum atomic E-state index is -0.467. The van der Waals surface area contributed by atoms with Crippen molar-refractivity contribution >= 4 is 34.7 Å². The summed E-state index contributed by atoms with van der Waals surface area (Å²) in [6.45, 7) is 0.489. The minimum Gasteiger partial charge on any atom is -0.307 e. The first-order valence-corrected chi connectivity index (χ1v) is 7.04. The molecule has 1 N–H and O–H groups in total. The summed E-state index contributed by atoms with van der Waals surface area (Å²) in [4.78, 5) is 24.3. The van der Waals surface area contributed by atoms with Crippen molar-refractivity contribution in [3.05, 3.63) is 63.2 Å². The number of fused-ring (bicyclic) bond motifs is 1. The fourth-order valence-electron chi connectivity index (χ4n) is 2.45. The van der Waals surface area contributed by atoms with Crippen LogP contribution in [0.2, 0.25) is 5.02 Å². The molecule has 3 rings (SSSR count). The number of carbonyl (C=O) groups excluding carboxylic acids is 1. The largest absolute Gasteiger partial charge is 0.326 e. The van der Waals surface area contributed by atoms with Crippen LogP contribution in [0, 0.1) is 10.1 Å². The van der Waals surface area contributed by atoms with Gasteiger partial charge in [0.1, 0.15) is 0 Å². The number of amides is 2. The van der Waals surface area contributed by atoms with Crippen LogP contribution in [0.1, 0.15) is 5.56 Å². The second-order valence-corrected chi connectivity index (χ2v) is 5.35. The van der Waals surface area contributed by atoms with Crippen molar-refractivity contribution in [3.8, 4) is 0 Å². The highest BCUT2D eigenvalue weighted by atomic mass is 35.5. The van der Waals surface area contributed by atoms with Crippen LogP contribution in [0.15, 0.2) is 42.5 Å². The summed E-state index contributed by atoms with van der Waals surface area (Å²) in [5.74, 6) is 0. The zero-order chi connectivity index (χ0) is 15.7. The number of halogens is 1. The van der Waals surface area contributed by atoms with Gasteiger partial charge in [0.05, 0.1) is 10.6 Å². The van der Waals surface area contributed by atoms with Crippen molar-refractivity contribution in [2.75, 3.05) is 16.8 Å². The highest BCUT2D eigenvalue weighted by molar-refractivity contribution is 6.30. The molecule has 0 unspecified atom stereocenters. The maximum Gasteiger partial charge on any atom is 0.326 e. The van der Waals surface area contributed by atoms with Gasteiger partial charge < -0.3 is 5.32 Å². The number of urea groups is 1. The van der Waals surface area contributed by atoms with Crippen LogP contribution in [0.25, 0.3) is 0 Å². The number of anilines is 2. The van der Waals surface area contributed by atoms with E-state index in [1.807, 2.05) is 0 Å². The molecule has 0 saturated heterocycles. The van der Waals surface area contributed by atoms with Crippen molar-refractivity contribution in [2.45, 2.75) is 6.42 Å². The normalized spacial score (nSPS) is 12.9. The van der Waals surface area contributed by atoms with Gasteiger partial charge >= 0.3 is 6.03 Å². The molecular formula is C15H12ClN3O3. The first-order chi connectivity index (χ1) is 10.5. The van der Waals surface area contributed by atoms with Crippen LogP contribution in [0.5, 0.6) is 0 Å². The van der Waals surface area contributed by atoms with Gasteiger partial charge in [-0.25, -0.2) is 4.79 Å². The highest BCUT2D eigenvalue weighted by Gasteiger charge is 2.26. The molecule has 0 aliphatic carbocycles. The topological polar surface area (TPSA) is 75.5 Å². The number of rotatable bonds is 2. The summed E-state index contributed by atoms with van der Waals surface area (Å²) in [5.41, 5.74) is 2.05. The summed E-state index contributed by atoms with van der Waals surface area (Å²) < 4.78 is 0. The van der Waals surface area contributed by atoms with Gasteiger partial charge in [0.2, 0.25) is 0 Å². The smallest absolute Gasteiger partial charge is 0.307 e. The predicted molar refractivity (Wildman–Crippen MR) is 84.6 cm³/mol. The van der Waals surface area contributed by atoms with Crippen LogP contribution < -0.4 is 10.2 Å². The number of hydrogen-bond acceptors (Lipinski definition) is 3. The van der Waals surface area contributed by atoms with Crippen LogP contribution in [-0.4, -0.2) is 17.5 Å². The molecule has 0 radical (unpaired) electrons. The minimum absolute atomic E-state index is 0.0267. The Morgan fingerprint density at radius 3 is 2.82 bits per heavy atom. The standard InChI is InChI=1S/C15H12ClN3O3/c16-11-2-1-3-12(8-11)17-15(20)18-7-6-10-4-5-13(19(21)22)9-14(10)18/h1-5,8-9H,6-7H2,(H,17,20). The van der Waals surface area contributed by atoms with Crippen LogP contribution in [-0.2, 0) is 6.42 Å². The number of nitro benzene ring substituents is 1. The third kappa shape index (κ3) is 2.73. The first-order valence-electron chi connectivity index (χ1n) is 6.66. The molecule has 2 aromatic rings. The molecule has 0 fully saturated rings. The fraction of sp³-hybridized carbons (Fsp3) is 0.133. The fourth-order valence-corrected chi connectivity index (χ4v) is 2.64. The van der Waals surface area contributed by atoms with E-state index >= 15 is 0 Å². The molecule has 2 aromatic carbocycles. The lowest BCUT2D eigenvalue weighted by atomic mass is 10.1. The lowest BCUT2D eigenvalue weighted by molar-refractivity contribution is -0.384. The van der Waals surface area contributed by atoms with Gasteiger partial charge in [-0.1, -0.05) is 23.7 Å². The average Bonchev–Trinajstić information content (AvgIpc) is 2.90. The molecule has 0 atom stereocenters. The number of non-ortho nitro benzene ring substituents is 1. The number of nitro groups is 1. The van der Waals surface area contributed by atoms with E-state index in [4.69, 9.17) is 11.6 Å². The van der Waals surface area contributed by atoms with Crippen LogP contribution in [0.4, 0.5) is 21.9 Å². The van der Waals surface area contributed by atoms with Gasteiger partial charge in [-0.05, 0) is 30.2 Å². The third-order valence-corrected chi connectivity index (χ3v) is 3.73. The van der Waals surface area contributed by atoms with E-state index < -0.39 is 4.92 Å². The molecule has 7 heteroatoms. The molecule has 0 aromatic heterocycles. The predicted octanol–water partition coefficient (Wildman–Crippen LogP) is 3.84. The molecular weight excluding hydrogens is 306 g/mol. The van der Waals surface area contributed by atoms with E-state index in [2.05, 4.69) is 5.32 Å². The van der Waals surface area contributed by atoms with Gasteiger partial charge in [-0.15, -0.1) is 0 Å². The Kier molecular flexibility index (Phi) is 3.68. The summed E-state index contributed by atoms with van der Waals surface area (Å²) >= 11 is 5.88. The molecule has 22 heavy (non-hydrogen) atoms. The molecule has 0 bridgehead atoms. The van der Waals surface area contributed by atoms with Gasteiger partial charge in [0.15, 0.2) is 0 Å². The molecule has 6 nitrogen and oxygen atoms in total. The van der Waals surface area contributed by atoms with E-state index in [0.29, 0.717) is 29.4 Å². The van der Waals surface area contributed by atoms with Gasteiger partial charge in [0.25, 0.3) is 5.69 Å². The zero-order valence-electron chi connectivity index (χ0n) is 11.5. The second-order valence-electron chi connectivity index (χ2n) is 4.91. The summed E-state index contributed by atoms with van der Waals surface area (Å²) in [5, 5.41) is 14.1. The highest BCUT2D eigenvalue weighted by Crippen LogP contribution is 2.32. The zero-order valence-corrected chi connectivity index (χ0v) is 12.2. The SMILES string of the molecule is O=C(Nc1cccc(Cl)c1)N1CCc2ccc([N+](=O)[O-])cc21. The van der Waals surface area contributed by atoms with Crippen molar-refractivity contribution < 1.29 is 9.72 Å². The lowest BCUT2D eigenvalue weighted by Gasteiger charge is -2.18. The Hall–Kier alpha value is -2.60. The Balaban J connectivity index is 1.84. The maximum absolute atomic E-state index is 12.4. The molecule has 1 aliphatic heterocycles. The van der Waals surface area contributed by atoms with E-state index in [0.717, 1.165) is 5.56 Å². The maximum atomic E-state index is 12.4. The Morgan fingerprint density at radius 1 is 1.27 bits per heavy atom. The summed E-state index contributed by atoms with van der Waals surface area (Å²) in [7, 11) is 0. The van der Waals surface area contributed by atoms with Gasteiger partial charge in [-0.3, -0.25) is 15.0 Å². The van der Waals surface area contributed by atoms with Crippen LogP contribution >= 0.6 is 11.6 Å². The molecule has 0 saturated carbocycles. The lowest BCUT2D eigenvalue weighted by Crippen LogP contribution is -2.33. The van der Waals surface area contributed by atoms with E-state index in [9.17, 15) is 14.9 Å². The van der Waals surface area contributed by atoms with Gasteiger partial charge in [0, 0.05) is 29.4 Å². The molecule has 1 heterocycles. The number of carbonyl (C=O) groups is 1. The van der Waals surface area contributed by atoms with Gasteiger partial charge in [-0.2, -0.15) is 0 Å². The van der Waals surface area contributed by atoms with Crippen molar-refractivity contribution in [2.24, 2.45) is 0 Å². The molecule has 2 amide bonds.